The molecule has 0 N–H and O–H groups in total. The first-order chi connectivity index (χ1) is 15.2. The monoisotopic (exact) mass is 423 g/mol. The van der Waals surface area contributed by atoms with Gasteiger partial charge in [0.05, 0.1) is 5.60 Å². The van der Waals surface area contributed by atoms with Gasteiger partial charge >= 0.3 is 0 Å². The number of carbonyl (C=O) groups is 1. The van der Waals surface area contributed by atoms with Gasteiger partial charge < -0.3 is 14.2 Å². The summed E-state index contributed by atoms with van der Waals surface area (Å²) in [5.74, 6) is 3.02. The van der Waals surface area contributed by atoms with Crippen molar-refractivity contribution < 1.29 is 14.1 Å². The van der Waals surface area contributed by atoms with Crippen molar-refractivity contribution in [3.63, 3.8) is 0 Å². The van der Waals surface area contributed by atoms with Crippen LogP contribution in [-0.2, 0) is 22.4 Å². The summed E-state index contributed by atoms with van der Waals surface area (Å²) in [5.41, 5.74) is 1.23. The molecule has 3 fully saturated rings. The maximum Gasteiger partial charge on any atom is 0.229 e. The molecule has 6 heteroatoms. The third kappa shape index (κ3) is 5.17. The number of hydrogen-bond donors (Lipinski definition) is 0. The van der Waals surface area contributed by atoms with E-state index in [-0.39, 0.29) is 11.5 Å². The van der Waals surface area contributed by atoms with Gasteiger partial charge in [0.1, 0.15) is 0 Å². The number of carbonyl (C=O) groups excluding carboxylic acids is 1. The molecule has 2 aliphatic heterocycles. The molecule has 1 saturated carbocycles. The van der Waals surface area contributed by atoms with Crippen LogP contribution < -0.4 is 0 Å². The minimum absolute atomic E-state index is 0.0766. The zero-order chi connectivity index (χ0) is 21.1. The molecule has 2 saturated heterocycles. The predicted octanol–water partition coefficient (Wildman–Crippen LogP) is 4.30. The summed E-state index contributed by atoms with van der Waals surface area (Å²) in [5, 5.41) is 4.21. The Morgan fingerprint density at radius 3 is 2.71 bits per heavy atom. The minimum Gasteiger partial charge on any atom is -0.375 e. The third-order valence-electron chi connectivity index (χ3n) is 7.20. The summed E-state index contributed by atoms with van der Waals surface area (Å²) < 4.78 is 11.7. The minimum atomic E-state index is -0.0766. The van der Waals surface area contributed by atoms with E-state index in [2.05, 4.69) is 34.4 Å². The lowest BCUT2D eigenvalue weighted by molar-refractivity contribution is -0.147. The molecule has 5 rings (SSSR count). The van der Waals surface area contributed by atoms with Crippen molar-refractivity contribution in [2.45, 2.75) is 75.7 Å². The molecule has 0 radical (unpaired) electrons. The highest BCUT2D eigenvalue weighted by Gasteiger charge is 2.41. The highest BCUT2D eigenvalue weighted by atomic mass is 16.5. The van der Waals surface area contributed by atoms with Gasteiger partial charge in [0.25, 0.3) is 0 Å². The summed E-state index contributed by atoms with van der Waals surface area (Å²) in [4.78, 5) is 19.3. The molecule has 166 valence electrons. The zero-order valence-corrected chi connectivity index (χ0v) is 18.3. The molecule has 6 nitrogen and oxygen atoms in total. The molecule has 1 unspecified atom stereocenters. The number of hydrogen-bond acceptors (Lipinski definition) is 5. The Hall–Kier alpha value is -2.21. The molecule has 31 heavy (non-hydrogen) atoms. The summed E-state index contributed by atoms with van der Waals surface area (Å²) in [6, 6.07) is 10.4. The maximum absolute atomic E-state index is 12.7. The van der Waals surface area contributed by atoms with Crippen molar-refractivity contribution in [2.75, 3.05) is 19.7 Å². The molecule has 3 heterocycles. The quantitative estimate of drug-likeness (QED) is 0.664. The number of benzene rings is 1. The van der Waals surface area contributed by atoms with Gasteiger partial charge in [-0.15, -0.1) is 0 Å². The number of aryl methyl sites for hydroxylation is 1. The van der Waals surface area contributed by atoms with E-state index in [0.29, 0.717) is 18.3 Å². The first-order valence-corrected chi connectivity index (χ1v) is 12.0. The SMILES string of the molecule is O=C(CCCc1ccccc1)N1CCC2(CC1)CC(Cc1noc(C3CC3)n1)CCO2. The molecular weight excluding hydrogens is 390 g/mol. The Balaban J connectivity index is 1.08. The van der Waals surface area contributed by atoms with Crippen LogP contribution in [0.25, 0.3) is 0 Å². The van der Waals surface area contributed by atoms with Gasteiger partial charge in [-0.3, -0.25) is 4.79 Å². The highest BCUT2D eigenvalue weighted by Crippen LogP contribution is 2.40. The van der Waals surface area contributed by atoms with Crippen LogP contribution in [-0.4, -0.2) is 46.2 Å². The Bertz CT molecular complexity index is 869. The summed E-state index contributed by atoms with van der Waals surface area (Å²) in [7, 11) is 0. The molecular formula is C25H33N3O3. The molecule has 1 amide bonds. The Morgan fingerprint density at radius 2 is 1.94 bits per heavy atom. The lowest BCUT2D eigenvalue weighted by Gasteiger charge is -2.46. The van der Waals surface area contributed by atoms with Crippen LogP contribution in [0.2, 0.25) is 0 Å². The lowest BCUT2D eigenvalue weighted by Crippen LogP contribution is -2.51. The molecule has 0 bridgehead atoms. The van der Waals surface area contributed by atoms with Gasteiger partial charge in [-0.05, 0) is 62.8 Å². The second-order valence-electron chi connectivity index (χ2n) is 9.64. The second-order valence-corrected chi connectivity index (χ2v) is 9.64. The number of piperidine rings is 1. The number of ether oxygens (including phenoxy) is 1. The van der Waals surface area contributed by atoms with E-state index < -0.39 is 0 Å². The average Bonchev–Trinajstić information content (AvgIpc) is 3.54. The van der Waals surface area contributed by atoms with Crippen molar-refractivity contribution in [2.24, 2.45) is 5.92 Å². The molecule has 1 atom stereocenters. The number of aromatic nitrogens is 2. The van der Waals surface area contributed by atoms with Crippen LogP contribution in [0.1, 0.15) is 74.6 Å². The van der Waals surface area contributed by atoms with Crippen molar-refractivity contribution in [1.82, 2.24) is 15.0 Å². The normalized spacial score (nSPS) is 23.2. The number of amides is 1. The molecule has 3 aliphatic rings. The van der Waals surface area contributed by atoms with E-state index in [1.807, 2.05) is 11.0 Å². The largest absolute Gasteiger partial charge is 0.375 e. The van der Waals surface area contributed by atoms with Crippen molar-refractivity contribution in [3.8, 4) is 0 Å². The Kier molecular flexibility index (Phi) is 6.08. The lowest BCUT2D eigenvalue weighted by atomic mass is 9.78. The highest BCUT2D eigenvalue weighted by molar-refractivity contribution is 5.76. The van der Waals surface area contributed by atoms with E-state index in [1.54, 1.807) is 0 Å². The van der Waals surface area contributed by atoms with Crippen molar-refractivity contribution in [3.05, 3.63) is 47.6 Å². The van der Waals surface area contributed by atoms with Crippen LogP contribution in [0, 0.1) is 5.92 Å². The zero-order valence-electron chi connectivity index (χ0n) is 18.3. The van der Waals surface area contributed by atoms with E-state index in [0.717, 1.165) is 76.4 Å². The second kappa shape index (κ2) is 9.11. The molecule has 1 spiro atoms. The van der Waals surface area contributed by atoms with Gasteiger partial charge in [0, 0.05) is 38.5 Å². The van der Waals surface area contributed by atoms with E-state index in [4.69, 9.17) is 9.26 Å². The fraction of sp³-hybridized carbons (Fsp3) is 0.640. The average molecular weight is 424 g/mol. The van der Waals surface area contributed by atoms with Gasteiger partial charge in [-0.25, -0.2) is 0 Å². The van der Waals surface area contributed by atoms with E-state index in [9.17, 15) is 4.79 Å². The fourth-order valence-corrected chi connectivity index (χ4v) is 5.17. The smallest absolute Gasteiger partial charge is 0.229 e. The Morgan fingerprint density at radius 1 is 1.13 bits per heavy atom. The number of likely N-dealkylation sites (tertiary alicyclic amines) is 1. The topological polar surface area (TPSA) is 68.5 Å². The summed E-state index contributed by atoms with van der Waals surface area (Å²) in [6.45, 7) is 2.42. The predicted molar refractivity (Wildman–Crippen MR) is 117 cm³/mol. The standard InChI is InChI=1S/C25H33N3O3/c29-23(8-4-7-19-5-2-1-3-6-19)28-14-12-25(13-15-28)18-20(11-16-30-25)17-22-26-24(31-27-22)21-9-10-21/h1-3,5-6,20-21H,4,7-18H2. The molecule has 2 aromatic rings. The first kappa shape index (κ1) is 20.7. The molecule has 1 aromatic heterocycles. The van der Waals surface area contributed by atoms with E-state index >= 15 is 0 Å². The molecule has 1 aromatic carbocycles. The number of rotatable bonds is 7. The van der Waals surface area contributed by atoms with Crippen molar-refractivity contribution >= 4 is 5.91 Å². The van der Waals surface area contributed by atoms with Gasteiger partial charge in [-0.1, -0.05) is 35.5 Å². The first-order valence-electron chi connectivity index (χ1n) is 12.0. The van der Waals surface area contributed by atoms with Gasteiger partial charge in [-0.2, -0.15) is 4.98 Å². The Labute approximate surface area is 184 Å². The van der Waals surface area contributed by atoms with Crippen LogP contribution in [0.4, 0.5) is 0 Å². The molecule has 1 aliphatic carbocycles. The number of nitrogens with zero attached hydrogens (tertiary/aromatic N) is 3. The summed E-state index contributed by atoms with van der Waals surface area (Å²) in [6.07, 6.45) is 9.72. The van der Waals surface area contributed by atoms with Crippen LogP contribution in [0.5, 0.6) is 0 Å². The van der Waals surface area contributed by atoms with Crippen LogP contribution >= 0.6 is 0 Å². The summed E-state index contributed by atoms with van der Waals surface area (Å²) >= 11 is 0. The van der Waals surface area contributed by atoms with Crippen LogP contribution in [0.15, 0.2) is 34.9 Å². The van der Waals surface area contributed by atoms with Gasteiger partial charge in [0.15, 0.2) is 5.82 Å². The fourth-order valence-electron chi connectivity index (χ4n) is 5.17. The van der Waals surface area contributed by atoms with Crippen LogP contribution in [0.3, 0.4) is 0 Å². The van der Waals surface area contributed by atoms with Crippen molar-refractivity contribution in [1.29, 1.82) is 0 Å². The third-order valence-corrected chi connectivity index (χ3v) is 7.20. The van der Waals surface area contributed by atoms with E-state index in [1.165, 1.54) is 18.4 Å². The maximum atomic E-state index is 12.7. The van der Waals surface area contributed by atoms with Gasteiger partial charge in [0.2, 0.25) is 11.8 Å².